The van der Waals surface area contributed by atoms with Crippen molar-refractivity contribution in [1.82, 2.24) is 25.4 Å². The van der Waals surface area contributed by atoms with Gasteiger partial charge in [-0.05, 0) is 19.1 Å². The Morgan fingerprint density at radius 2 is 1.94 bits per heavy atom. The number of aromatic amines is 1. The van der Waals surface area contributed by atoms with Crippen LogP contribution in [0.4, 0.5) is 5.13 Å². The highest BCUT2D eigenvalue weighted by Crippen LogP contribution is 2.26. The second-order valence-corrected chi connectivity index (χ2v) is 7.85. The number of aromatic nitrogens is 3. The van der Waals surface area contributed by atoms with E-state index < -0.39 is 23.1 Å². The Morgan fingerprint density at radius 1 is 1.19 bits per heavy atom. The maximum absolute atomic E-state index is 12.5. The second kappa shape index (κ2) is 8.70. The van der Waals surface area contributed by atoms with Gasteiger partial charge < -0.3 is 9.64 Å². The number of nitrogens with zero attached hydrogens (tertiary/aromatic N) is 3. The number of carbonyl (C=O) groups excluding carboxylic acids is 2. The number of fused-ring (bicyclic) bond motifs is 1. The van der Waals surface area contributed by atoms with Gasteiger partial charge in [0.05, 0.1) is 29.8 Å². The first-order chi connectivity index (χ1) is 14.9. The van der Waals surface area contributed by atoms with Crippen LogP contribution in [0, 0.1) is 6.92 Å². The number of benzene rings is 1. The number of para-hydroxylation sites is 1. The molecule has 0 spiro atoms. The Labute approximate surface area is 179 Å². The van der Waals surface area contributed by atoms with Gasteiger partial charge in [0.2, 0.25) is 0 Å². The van der Waals surface area contributed by atoms with Crippen molar-refractivity contribution in [2.45, 2.75) is 13.5 Å². The van der Waals surface area contributed by atoms with Crippen LogP contribution in [0.5, 0.6) is 0 Å². The number of hydrogen-bond acceptors (Lipinski definition) is 8. The third-order valence-electron chi connectivity index (χ3n) is 4.80. The monoisotopic (exact) mass is 444 g/mol. The molecule has 0 saturated carbocycles. The van der Waals surface area contributed by atoms with Crippen LogP contribution in [-0.4, -0.2) is 52.7 Å². The van der Waals surface area contributed by atoms with Gasteiger partial charge in [-0.15, -0.1) is 0 Å². The van der Waals surface area contributed by atoms with Crippen LogP contribution in [0.25, 0.3) is 10.9 Å². The lowest BCUT2D eigenvalue weighted by molar-refractivity contribution is -0.122. The fraction of sp³-hybridized carbons (Fsp3) is 0.316. The molecule has 3 aromatic rings. The first kappa shape index (κ1) is 20.8. The predicted molar refractivity (Wildman–Crippen MR) is 114 cm³/mol. The van der Waals surface area contributed by atoms with Crippen molar-refractivity contribution in [3.05, 3.63) is 55.7 Å². The zero-order valence-corrected chi connectivity index (χ0v) is 17.5. The number of ether oxygens (including phenoxy) is 1. The van der Waals surface area contributed by atoms with Crippen molar-refractivity contribution in [2.24, 2.45) is 0 Å². The van der Waals surface area contributed by atoms with Crippen LogP contribution in [-0.2, 0) is 16.1 Å². The smallest absolute Gasteiger partial charge is 0.329 e. The Balaban J connectivity index is 1.43. The van der Waals surface area contributed by atoms with E-state index in [1.54, 1.807) is 31.2 Å². The molecule has 4 rings (SSSR count). The average molecular weight is 444 g/mol. The van der Waals surface area contributed by atoms with Gasteiger partial charge in [-0.3, -0.25) is 34.8 Å². The maximum atomic E-state index is 12.5. The molecule has 1 aromatic carbocycles. The molecule has 0 bridgehead atoms. The first-order valence-electron chi connectivity index (χ1n) is 9.55. The van der Waals surface area contributed by atoms with Crippen molar-refractivity contribution >= 4 is 39.2 Å². The summed E-state index contributed by atoms with van der Waals surface area (Å²) in [5.74, 6) is -1.12. The lowest BCUT2D eigenvalue weighted by Gasteiger charge is -2.25. The number of nitrogens with one attached hydrogen (secondary N) is 3. The molecule has 2 amide bonds. The average Bonchev–Trinajstić information content (AvgIpc) is 3.17. The second-order valence-electron chi connectivity index (χ2n) is 6.88. The van der Waals surface area contributed by atoms with E-state index in [1.165, 1.54) is 11.3 Å². The van der Waals surface area contributed by atoms with Gasteiger partial charge in [0.15, 0.2) is 5.13 Å². The highest BCUT2D eigenvalue weighted by Gasteiger charge is 2.21. The summed E-state index contributed by atoms with van der Waals surface area (Å²) in [6.45, 7) is 3.96. The Kier molecular flexibility index (Phi) is 5.82. The van der Waals surface area contributed by atoms with E-state index in [0.29, 0.717) is 42.4 Å². The summed E-state index contributed by atoms with van der Waals surface area (Å²) in [5.41, 5.74) is 4.31. The number of hydrogen-bond donors (Lipinski definition) is 3. The van der Waals surface area contributed by atoms with Gasteiger partial charge in [0.25, 0.3) is 17.4 Å². The molecule has 1 aliphatic rings. The molecule has 3 N–H and O–H groups in total. The van der Waals surface area contributed by atoms with E-state index in [1.807, 2.05) is 4.90 Å². The first-order valence-corrected chi connectivity index (χ1v) is 10.4. The number of morpholine rings is 1. The third kappa shape index (κ3) is 4.34. The number of aryl methyl sites for hydroxylation is 1. The van der Waals surface area contributed by atoms with Gasteiger partial charge in [0.1, 0.15) is 11.4 Å². The summed E-state index contributed by atoms with van der Waals surface area (Å²) in [4.78, 5) is 58.0. The zero-order chi connectivity index (χ0) is 22.0. The molecule has 0 unspecified atom stereocenters. The molecule has 1 fully saturated rings. The highest BCUT2D eigenvalue weighted by molar-refractivity contribution is 7.17. The largest absolute Gasteiger partial charge is 0.378 e. The van der Waals surface area contributed by atoms with Gasteiger partial charge >= 0.3 is 5.69 Å². The number of carbonyl (C=O) groups is 2. The van der Waals surface area contributed by atoms with E-state index in [2.05, 4.69) is 20.8 Å². The Hall–Kier alpha value is -3.51. The topological polar surface area (TPSA) is 138 Å². The Morgan fingerprint density at radius 3 is 2.71 bits per heavy atom. The number of amides is 2. The molecule has 3 heterocycles. The van der Waals surface area contributed by atoms with Crippen molar-refractivity contribution in [3.63, 3.8) is 0 Å². The van der Waals surface area contributed by atoms with Gasteiger partial charge in [-0.1, -0.05) is 23.5 Å². The molecular weight excluding hydrogens is 424 g/mol. The van der Waals surface area contributed by atoms with Crippen LogP contribution in [0.2, 0.25) is 0 Å². The molecule has 0 aliphatic carbocycles. The standard InChI is InChI=1S/C19H20N6O5S/c1-11-15(31-19(20-11)24-6-8-30-9-7-24)17(28)23-22-14(26)10-25-13-5-3-2-4-12(13)16(27)21-18(25)29/h2-5H,6-10H2,1H3,(H,22,26)(H,23,28)(H,21,27,29). The summed E-state index contributed by atoms with van der Waals surface area (Å²) in [6.07, 6.45) is 0. The fourth-order valence-electron chi connectivity index (χ4n) is 3.25. The maximum Gasteiger partial charge on any atom is 0.329 e. The Bertz CT molecular complexity index is 1260. The lowest BCUT2D eigenvalue weighted by Crippen LogP contribution is -2.44. The van der Waals surface area contributed by atoms with E-state index in [9.17, 15) is 19.2 Å². The molecule has 1 saturated heterocycles. The van der Waals surface area contributed by atoms with Gasteiger partial charge in [0, 0.05) is 13.1 Å². The summed E-state index contributed by atoms with van der Waals surface area (Å²) in [6, 6.07) is 6.46. The normalized spacial score (nSPS) is 13.9. The van der Waals surface area contributed by atoms with Crippen molar-refractivity contribution in [2.75, 3.05) is 31.2 Å². The zero-order valence-electron chi connectivity index (χ0n) is 16.6. The molecule has 2 aromatic heterocycles. The molecular formula is C19H20N6O5S. The van der Waals surface area contributed by atoms with Gasteiger partial charge in [-0.2, -0.15) is 0 Å². The van der Waals surface area contributed by atoms with Crippen LogP contribution >= 0.6 is 11.3 Å². The van der Waals surface area contributed by atoms with Crippen LogP contribution in [0.15, 0.2) is 33.9 Å². The molecule has 31 heavy (non-hydrogen) atoms. The minimum absolute atomic E-state index is 0.287. The SMILES string of the molecule is Cc1nc(N2CCOCC2)sc1C(=O)NNC(=O)Cn1c(=O)[nH]c(=O)c2ccccc21. The third-order valence-corrected chi connectivity index (χ3v) is 6.01. The summed E-state index contributed by atoms with van der Waals surface area (Å²) < 4.78 is 6.46. The quantitative estimate of drug-likeness (QED) is 0.472. The van der Waals surface area contributed by atoms with Crippen molar-refractivity contribution < 1.29 is 14.3 Å². The molecule has 12 heteroatoms. The van der Waals surface area contributed by atoms with E-state index in [4.69, 9.17) is 4.74 Å². The van der Waals surface area contributed by atoms with Crippen LogP contribution in [0.3, 0.4) is 0 Å². The minimum Gasteiger partial charge on any atom is -0.378 e. The van der Waals surface area contributed by atoms with Crippen molar-refractivity contribution in [3.8, 4) is 0 Å². The number of hydrazine groups is 1. The number of thiazole rings is 1. The van der Waals surface area contributed by atoms with Crippen LogP contribution < -0.4 is 27.0 Å². The summed E-state index contributed by atoms with van der Waals surface area (Å²) >= 11 is 1.24. The van der Waals surface area contributed by atoms with E-state index in [0.717, 1.165) is 9.70 Å². The van der Waals surface area contributed by atoms with E-state index in [-0.39, 0.29) is 11.9 Å². The summed E-state index contributed by atoms with van der Waals surface area (Å²) in [5, 5.41) is 1.01. The molecule has 11 nitrogen and oxygen atoms in total. The lowest BCUT2D eigenvalue weighted by atomic mass is 10.2. The molecule has 162 valence electrons. The van der Waals surface area contributed by atoms with Crippen molar-refractivity contribution in [1.29, 1.82) is 0 Å². The minimum atomic E-state index is -0.710. The molecule has 0 radical (unpaired) electrons. The molecule has 1 aliphatic heterocycles. The summed E-state index contributed by atoms with van der Waals surface area (Å²) in [7, 11) is 0. The van der Waals surface area contributed by atoms with Crippen LogP contribution in [0.1, 0.15) is 15.4 Å². The van der Waals surface area contributed by atoms with Gasteiger partial charge in [-0.25, -0.2) is 9.78 Å². The van der Waals surface area contributed by atoms with E-state index >= 15 is 0 Å². The molecule has 0 atom stereocenters. The highest BCUT2D eigenvalue weighted by atomic mass is 32.1. The number of rotatable bonds is 4. The fourth-order valence-corrected chi connectivity index (χ4v) is 4.26. The number of anilines is 1. The predicted octanol–water partition coefficient (Wildman–Crippen LogP) is -0.247. The number of H-pyrrole nitrogens is 1.